The molecular formula is C23H23ClN2O5S. The fourth-order valence-corrected chi connectivity index (χ4v) is 4.21. The summed E-state index contributed by atoms with van der Waals surface area (Å²) >= 11 is 6.09. The number of aromatic nitrogens is 1. The van der Waals surface area contributed by atoms with Gasteiger partial charge < -0.3 is 9.30 Å². The molecule has 1 heterocycles. The molecule has 0 saturated carbocycles. The second-order valence-corrected chi connectivity index (χ2v) is 9.30. The van der Waals surface area contributed by atoms with Gasteiger partial charge in [0.2, 0.25) is 15.8 Å². The summed E-state index contributed by atoms with van der Waals surface area (Å²) in [4.78, 5) is 24.7. The van der Waals surface area contributed by atoms with Gasteiger partial charge in [-0.3, -0.25) is 9.59 Å². The number of esters is 1. The Morgan fingerprint density at radius 1 is 1.06 bits per heavy atom. The molecule has 168 valence electrons. The van der Waals surface area contributed by atoms with E-state index >= 15 is 0 Å². The quantitative estimate of drug-likeness (QED) is 0.395. The summed E-state index contributed by atoms with van der Waals surface area (Å²) in [5.41, 5.74) is 3.39. The maximum absolute atomic E-state index is 12.7. The molecule has 0 aliphatic rings. The molecule has 3 aromatic rings. The Labute approximate surface area is 191 Å². The van der Waals surface area contributed by atoms with Crippen molar-refractivity contribution in [1.82, 2.24) is 4.57 Å². The van der Waals surface area contributed by atoms with Gasteiger partial charge in [-0.25, -0.2) is 13.6 Å². The summed E-state index contributed by atoms with van der Waals surface area (Å²) in [5, 5.41) is 5.73. The zero-order valence-electron chi connectivity index (χ0n) is 17.7. The second-order valence-electron chi connectivity index (χ2n) is 7.33. The van der Waals surface area contributed by atoms with E-state index in [1.807, 2.05) is 29.7 Å². The molecule has 0 aliphatic carbocycles. The maximum atomic E-state index is 12.7. The zero-order chi connectivity index (χ0) is 23.5. The van der Waals surface area contributed by atoms with Crippen LogP contribution in [0.4, 0.5) is 0 Å². The molecular weight excluding hydrogens is 452 g/mol. The van der Waals surface area contributed by atoms with Crippen LogP contribution in [-0.4, -0.2) is 31.3 Å². The van der Waals surface area contributed by atoms with Gasteiger partial charge in [-0.1, -0.05) is 29.8 Å². The molecule has 32 heavy (non-hydrogen) atoms. The van der Waals surface area contributed by atoms with Gasteiger partial charge in [0, 0.05) is 34.1 Å². The number of carbonyl (C=O) groups excluding carboxylic acids is 2. The largest absolute Gasteiger partial charge is 0.457 e. The van der Waals surface area contributed by atoms with Crippen LogP contribution in [-0.2, 0) is 26.0 Å². The molecule has 0 aliphatic heterocycles. The van der Waals surface area contributed by atoms with Gasteiger partial charge in [-0.05, 0) is 62.2 Å². The van der Waals surface area contributed by atoms with Crippen molar-refractivity contribution in [1.29, 1.82) is 0 Å². The van der Waals surface area contributed by atoms with Crippen LogP contribution in [0, 0.1) is 13.8 Å². The Morgan fingerprint density at radius 2 is 1.72 bits per heavy atom. The molecule has 0 amide bonds. The molecule has 0 radical (unpaired) electrons. The van der Waals surface area contributed by atoms with Gasteiger partial charge in [0.05, 0.1) is 4.90 Å². The van der Waals surface area contributed by atoms with E-state index in [0.717, 1.165) is 11.3 Å². The van der Waals surface area contributed by atoms with Crippen LogP contribution >= 0.6 is 11.6 Å². The van der Waals surface area contributed by atoms with Gasteiger partial charge in [-0.2, -0.15) is 0 Å². The Morgan fingerprint density at radius 3 is 2.34 bits per heavy atom. The number of nitrogens with zero attached hydrogens (tertiary/aromatic N) is 1. The van der Waals surface area contributed by atoms with E-state index in [9.17, 15) is 18.0 Å². The number of halogens is 1. The van der Waals surface area contributed by atoms with E-state index in [4.69, 9.17) is 21.5 Å². The number of nitrogens with two attached hydrogens (primary N) is 1. The predicted molar refractivity (Wildman–Crippen MR) is 122 cm³/mol. The maximum Gasteiger partial charge on any atom is 0.306 e. The molecule has 0 saturated heterocycles. The lowest BCUT2D eigenvalue weighted by atomic mass is 10.1. The normalized spacial score (nSPS) is 11.4. The number of rotatable bonds is 8. The number of benzene rings is 2. The first-order valence-corrected chi connectivity index (χ1v) is 11.7. The third-order valence-electron chi connectivity index (χ3n) is 5.08. The summed E-state index contributed by atoms with van der Waals surface area (Å²) in [6.45, 7) is 3.23. The van der Waals surface area contributed by atoms with Gasteiger partial charge in [0.1, 0.15) is 0 Å². The van der Waals surface area contributed by atoms with Crippen molar-refractivity contribution >= 4 is 33.4 Å². The standard InChI is InChI=1S/C23H23ClN2O5S/c1-15-13-20(16(2)26(15)18-8-10-19(11-9-18)32(25,29)30)22(27)14-31-23(28)12-7-17-5-3-4-6-21(17)24/h3-6,8-11,13H,7,12,14H2,1-2H3,(H2,25,29,30). The van der Waals surface area contributed by atoms with Crippen LogP contribution < -0.4 is 5.14 Å². The smallest absolute Gasteiger partial charge is 0.306 e. The minimum absolute atomic E-state index is 0.00344. The van der Waals surface area contributed by atoms with Crippen LogP contribution in [0.25, 0.3) is 5.69 Å². The van der Waals surface area contributed by atoms with Crippen LogP contribution in [0.5, 0.6) is 0 Å². The molecule has 2 aromatic carbocycles. The average Bonchev–Trinajstić information content (AvgIpc) is 3.05. The number of hydrogen-bond donors (Lipinski definition) is 1. The molecule has 7 nitrogen and oxygen atoms in total. The zero-order valence-corrected chi connectivity index (χ0v) is 19.2. The van der Waals surface area contributed by atoms with Crippen LogP contribution in [0.2, 0.25) is 5.02 Å². The number of ketones is 1. The number of Topliss-reactive ketones (excluding diaryl/α,β-unsaturated/α-hetero) is 1. The first-order valence-electron chi connectivity index (χ1n) is 9.82. The number of aryl methyl sites for hydroxylation is 2. The van der Waals surface area contributed by atoms with Crippen molar-refractivity contribution in [3.05, 3.63) is 82.1 Å². The Bertz CT molecular complexity index is 1260. The molecule has 0 bridgehead atoms. The van der Waals surface area contributed by atoms with E-state index in [2.05, 4.69) is 0 Å². The van der Waals surface area contributed by atoms with E-state index in [1.165, 1.54) is 12.1 Å². The van der Waals surface area contributed by atoms with E-state index < -0.39 is 16.0 Å². The summed E-state index contributed by atoms with van der Waals surface area (Å²) in [6, 6.07) is 15.0. The molecule has 1 aromatic heterocycles. The van der Waals surface area contributed by atoms with Crippen molar-refractivity contribution in [2.75, 3.05) is 6.61 Å². The number of hydrogen-bond acceptors (Lipinski definition) is 5. The summed E-state index contributed by atoms with van der Waals surface area (Å²) < 4.78 is 29.9. The van der Waals surface area contributed by atoms with Crippen molar-refractivity contribution in [2.45, 2.75) is 31.6 Å². The van der Waals surface area contributed by atoms with E-state index in [1.54, 1.807) is 31.2 Å². The van der Waals surface area contributed by atoms with Crippen molar-refractivity contribution in [3.8, 4) is 5.69 Å². The molecule has 3 rings (SSSR count). The molecule has 0 unspecified atom stereocenters. The highest BCUT2D eigenvalue weighted by Gasteiger charge is 2.19. The minimum atomic E-state index is -3.79. The Hall–Kier alpha value is -2.94. The van der Waals surface area contributed by atoms with Gasteiger partial charge in [0.15, 0.2) is 6.61 Å². The van der Waals surface area contributed by atoms with Gasteiger partial charge in [0.25, 0.3) is 0 Å². The lowest BCUT2D eigenvalue weighted by molar-refractivity contribution is -0.142. The minimum Gasteiger partial charge on any atom is -0.457 e. The van der Waals surface area contributed by atoms with Crippen LogP contribution in [0.1, 0.15) is 33.7 Å². The van der Waals surface area contributed by atoms with Crippen LogP contribution in [0.3, 0.4) is 0 Å². The van der Waals surface area contributed by atoms with Crippen LogP contribution in [0.15, 0.2) is 59.5 Å². The lowest BCUT2D eigenvalue weighted by Crippen LogP contribution is -2.15. The fraction of sp³-hybridized carbons (Fsp3) is 0.217. The highest BCUT2D eigenvalue weighted by molar-refractivity contribution is 7.89. The van der Waals surface area contributed by atoms with Gasteiger partial charge in [-0.15, -0.1) is 0 Å². The number of ether oxygens (including phenoxy) is 1. The first-order chi connectivity index (χ1) is 15.1. The summed E-state index contributed by atoms with van der Waals surface area (Å²) in [6.07, 6.45) is 0.544. The van der Waals surface area contributed by atoms with Crippen molar-refractivity contribution in [2.24, 2.45) is 5.14 Å². The van der Waals surface area contributed by atoms with Crippen molar-refractivity contribution < 1.29 is 22.7 Å². The topological polar surface area (TPSA) is 108 Å². The SMILES string of the molecule is Cc1cc(C(=O)COC(=O)CCc2ccccc2Cl)c(C)n1-c1ccc(S(N)(=O)=O)cc1. The number of sulfonamides is 1. The second kappa shape index (κ2) is 9.68. The third-order valence-corrected chi connectivity index (χ3v) is 6.37. The number of carbonyl (C=O) groups is 2. The number of primary sulfonamides is 1. The molecule has 2 N–H and O–H groups in total. The van der Waals surface area contributed by atoms with E-state index in [-0.39, 0.29) is 23.7 Å². The Balaban J connectivity index is 1.66. The molecule has 9 heteroatoms. The van der Waals surface area contributed by atoms with E-state index in [0.29, 0.717) is 28.4 Å². The fourth-order valence-electron chi connectivity index (χ4n) is 3.46. The average molecular weight is 475 g/mol. The highest BCUT2D eigenvalue weighted by Crippen LogP contribution is 2.23. The Kier molecular flexibility index (Phi) is 7.18. The predicted octanol–water partition coefficient (Wildman–Crippen LogP) is 3.75. The summed E-state index contributed by atoms with van der Waals surface area (Å²) in [7, 11) is -3.79. The molecule has 0 spiro atoms. The monoisotopic (exact) mass is 474 g/mol. The van der Waals surface area contributed by atoms with Gasteiger partial charge >= 0.3 is 5.97 Å². The lowest BCUT2D eigenvalue weighted by Gasteiger charge is -2.11. The molecule has 0 atom stereocenters. The molecule has 0 fully saturated rings. The highest BCUT2D eigenvalue weighted by atomic mass is 35.5. The summed E-state index contributed by atoms with van der Waals surface area (Å²) in [5.74, 6) is -0.803. The van der Waals surface area contributed by atoms with Crippen molar-refractivity contribution in [3.63, 3.8) is 0 Å². The third kappa shape index (κ3) is 5.45. The first kappa shape index (κ1) is 23.7.